The number of fused-ring (bicyclic) bond motifs is 1. The fraction of sp³-hybridized carbons (Fsp3) is 0.235. The Labute approximate surface area is 124 Å². The van der Waals surface area contributed by atoms with Crippen molar-refractivity contribution in [1.29, 1.82) is 0 Å². The van der Waals surface area contributed by atoms with Gasteiger partial charge in [-0.2, -0.15) is 0 Å². The molecule has 0 amide bonds. The molecule has 0 aliphatic heterocycles. The predicted molar refractivity (Wildman–Crippen MR) is 85.5 cm³/mol. The lowest BCUT2D eigenvalue weighted by molar-refractivity contribution is 0.276. The van der Waals surface area contributed by atoms with Crippen molar-refractivity contribution in [2.45, 2.75) is 13.0 Å². The zero-order chi connectivity index (χ0) is 14.5. The number of aliphatic hydroxyl groups excluding tert-OH is 1. The van der Waals surface area contributed by atoms with Crippen LogP contribution in [0.5, 0.6) is 0 Å². The minimum atomic E-state index is 0.124. The van der Waals surface area contributed by atoms with Crippen LogP contribution in [0.1, 0.15) is 5.82 Å². The smallest absolute Gasteiger partial charge is 0.111 e. The SMILES string of the molecule is OCCn1c(CCNc2ccccc2)nc2ccccc21. The van der Waals surface area contributed by atoms with Gasteiger partial charge in [0.2, 0.25) is 0 Å². The highest BCUT2D eigenvalue weighted by Crippen LogP contribution is 2.16. The first-order chi connectivity index (χ1) is 10.4. The highest BCUT2D eigenvalue weighted by molar-refractivity contribution is 5.75. The van der Waals surface area contributed by atoms with E-state index in [4.69, 9.17) is 0 Å². The molecule has 4 nitrogen and oxygen atoms in total. The van der Waals surface area contributed by atoms with E-state index < -0.39 is 0 Å². The summed E-state index contributed by atoms with van der Waals surface area (Å²) in [4.78, 5) is 4.67. The van der Waals surface area contributed by atoms with Gasteiger partial charge < -0.3 is 15.0 Å². The minimum absolute atomic E-state index is 0.124. The monoisotopic (exact) mass is 281 g/mol. The number of hydrogen-bond donors (Lipinski definition) is 2. The first-order valence-corrected chi connectivity index (χ1v) is 7.22. The first-order valence-electron chi connectivity index (χ1n) is 7.22. The summed E-state index contributed by atoms with van der Waals surface area (Å²) in [5.74, 6) is 1.01. The van der Waals surface area contributed by atoms with Crippen LogP contribution in [0.15, 0.2) is 54.6 Å². The Hall–Kier alpha value is -2.33. The van der Waals surface area contributed by atoms with E-state index in [0.29, 0.717) is 6.54 Å². The molecule has 0 radical (unpaired) electrons. The van der Waals surface area contributed by atoms with Crippen LogP contribution < -0.4 is 5.32 Å². The normalized spacial score (nSPS) is 10.9. The number of hydrogen-bond acceptors (Lipinski definition) is 3. The van der Waals surface area contributed by atoms with E-state index in [0.717, 1.165) is 35.5 Å². The van der Waals surface area contributed by atoms with Gasteiger partial charge in [-0.05, 0) is 24.3 Å². The Morgan fingerprint density at radius 3 is 2.57 bits per heavy atom. The van der Waals surface area contributed by atoms with Gasteiger partial charge in [0.1, 0.15) is 5.82 Å². The number of aliphatic hydroxyl groups is 1. The molecule has 1 heterocycles. The quantitative estimate of drug-likeness (QED) is 0.730. The van der Waals surface area contributed by atoms with Crippen molar-refractivity contribution in [1.82, 2.24) is 9.55 Å². The third-order valence-corrected chi connectivity index (χ3v) is 3.51. The van der Waals surface area contributed by atoms with Crippen LogP contribution in [-0.2, 0) is 13.0 Å². The molecule has 21 heavy (non-hydrogen) atoms. The van der Waals surface area contributed by atoms with Gasteiger partial charge in [-0.15, -0.1) is 0 Å². The number of aromatic nitrogens is 2. The summed E-state index contributed by atoms with van der Waals surface area (Å²) >= 11 is 0. The Kier molecular flexibility index (Phi) is 4.17. The average Bonchev–Trinajstić information content (AvgIpc) is 2.87. The van der Waals surface area contributed by atoms with Crippen molar-refractivity contribution in [3.05, 3.63) is 60.4 Å². The van der Waals surface area contributed by atoms with Gasteiger partial charge in [0.25, 0.3) is 0 Å². The number of para-hydroxylation sites is 3. The van der Waals surface area contributed by atoms with Crippen LogP contribution in [0.25, 0.3) is 11.0 Å². The fourth-order valence-electron chi connectivity index (χ4n) is 2.54. The number of nitrogens with zero attached hydrogens (tertiary/aromatic N) is 2. The summed E-state index contributed by atoms with van der Waals surface area (Å²) in [7, 11) is 0. The van der Waals surface area contributed by atoms with Crippen molar-refractivity contribution in [3.8, 4) is 0 Å². The molecule has 3 rings (SSSR count). The van der Waals surface area contributed by atoms with E-state index in [2.05, 4.69) is 27.0 Å². The van der Waals surface area contributed by atoms with Gasteiger partial charge in [-0.1, -0.05) is 30.3 Å². The maximum Gasteiger partial charge on any atom is 0.111 e. The van der Waals surface area contributed by atoms with E-state index in [1.807, 2.05) is 42.5 Å². The molecule has 0 fully saturated rings. The fourth-order valence-corrected chi connectivity index (χ4v) is 2.54. The summed E-state index contributed by atoms with van der Waals surface area (Å²) in [5, 5.41) is 12.7. The van der Waals surface area contributed by atoms with Crippen molar-refractivity contribution >= 4 is 16.7 Å². The molecule has 0 aliphatic rings. The highest BCUT2D eigenvalue weighted by atomic mass is 16.3. The minimum Gasteiger partial charge on any atom is -0.395 e. The molecule has 0 bridgehead atoms. The lowest BCUT2D eigenvalue weighted by Crippen LogP contribution is -2.12. The van der Waals surface area contributed by atoms with Crippen LogP contribution in [0, 0.1) is 0 Å². The second-order valence-corrected chi connectivity index (χ2v) is 4.93. The van der Waals surface area contributed by atoms with Crippen LogP contribution in [0.2, 0.25) is 0 Å². The van der Waals surface area contributed by atoms with Crippen molar-refractivity contribution < 1.29 is 5.11 Å². The van der Waals surface area contributed by atoms with Crippen LogP contribution in [-0.4, -0.2) is 27.8 Å². The average molecular weight is 281 g/mol. The molecule has 108 valence electrons. The number of anilines is 1. The first kappa shape index (κ1) is 13.6. The summed E-state index contributed by atoms with van der Waals surface area (Å²) in [6, 6.07) is 18.2. The summed E-state index contributed by atoms with van der Waals surface area (Å²) < 4.78 is 2.10. The lowest BCUT2D eigenvalue weighted by Gasteiger charge is -2.09. The molecule has 0 saturated heterocycles. The topological polar surface area (TPSA) is 50.1 Å². The number of nitrogens with one attached hydrogen (secondary N) is 1. The van der Waals surface area contributed by atoms with Crippen LogP contribution in [0.4, 0.5) is 5.69 Å². The van der Waals surface area contributed by atoms with Crippen molar-refractivity contribution in [2.75, 3.05) is 18.5 Å². The maximum atomic E-state index is 9.26. The van der Waals surface area contributed by atoms with E-state index in [1.54, 1.807) is 0 Å². The zero-order valence-electron chi connectivity index (χ0n) is 11.9. The molecule has 0 spiro atoms. The van der Waals surface area contributed by atoms with Gasteiger partial charge in [-0.25, -0.2) is 4.98 Å². The summed E-state index contributed by atoms with van der Waals surface area (Å²) in [6.45, 7) is 1.53. The maximum absolute atomic E-state index is 9.26. The molecule has 3 aromatic rings. The van der Waals surface area contributed by atoms with E-state index >= 15 is 0 Å². The molecule has 0 saturated carbocycles. The molecule has 1 aromatic heterocycles. The zero-order valence-corrected chi connectivity index (χ0v) is 11.9. The van der Waals surface area contributed by atoms with E-state index in [1.165, 1.54) is 0 Å². The lowest BCUT2D eigenvalue weighted by atomic mass is 10.3. The standard InChI is InChI=1S/C17H19N3O/c21-13-12-20-16-9-5-4-8-15(16)19-17(20)10-11-18-14-6-2-1-3-7-14/h1-9,18,21H,10-13H2. The van der Waals surface area contributed by atoms with E-state index in [-0.39, 0.29) is 6.61 Å². The number of imidazole rings is 1. The predicted octanol–water partition coefficient (Wildman–Crippen LogP) is 2.68. The second-order valence-electron chi connectivity index (χ2n) is 4.93. The Morgan fingerprint density at radius 2 is 1.76 bits per heavy atom. The second kappa shape index (κ2) is 6.41. The van der Waals surface area contributed by atoms with Crippen molar-refractivity contribution in [3.63, 3.8) is 0 Å². The number of rotatable bonds is 6. The Balaban J connectivity index is 1.75. The van der Waals surface area contributed by atoms with E-state index in [9.17, 15) is 5.11 Å². The molecule has 0 aliphatic carbocycles. The molecule has 4 heteroatoms. The third kappa shape index (κ3) is 3.06. The molecule has 0 atom stereocenters. The molecular formula is C17H19N3O. The van der Waals surface area contributed by atoms with Gasteiger partial charge in [0.05, 0.1) is 17.6 Å². The Morgan fingerprint density at radius 1 is 1.00 bits per heavy atom. The van der Waals surface area contributed by atoms with Gasteiger partial charge in [0.15, 0.2) is 0 Å². The molecular weight excluding hydrogens is 262 g/mol. The molecule has 2 N–H and O–H groups in total. The van der Waals surface area contributed by atoms with Crippen LogP contribution >= 0.6 is 0 Å². The molecule has 2 aromatic carbocycles. The van der Waals surface area contributed by atoms with Gasteiger partial charge >= 0.3 is 0 Å². The van der Waals surface area contributed by atoms with Gasteiger partial charge in [-0.3, -0.25) is 0 Å². The number of benzene rings is 2. The summed E-state index contributed by atoms with van der Waals surface area (Å²) in [6.07, 6.45) is 0.823. The van der Waals surface area contributed by atoms with Gasteiger partial charge in [0, 0.05) is 25.2 Å². The largest absolute Gasteiger partial charge is 0.395 e. The van der Waals surface area contributed by atoms with Crippen LogP contribution in [0.3, 0.4) is 0 Å². The summed E-state index contributed by atoms with van der Waals surface area (Å²) in [5.41, 5.74) is 3.18. The molecule has 0 unspecified atom stereocenters. The highest BCUT2D eigenvalue weighted by Gasteiger charge is 2.09. The third-order valence-electron chi connectivity index (χ3n) is 3.51. The Bertz CT molecular complexity index is 706. The van der Waals surface area contributed by atoms with Crippen molar-refractivity contribution in [2.24, 2.45) is 0 Å².